The summed E-state index contributed by atoms with van der Waals surface area (Å²) in [5.41, 5.74) is 0. The standard InChI is InChI=1S/C13H16BrN4S.Y/c1-7(2)12-16-9(4)17-13(18-12)15-8(3)10-5-6-11(14)19-10;/h5-6,8H,1-4H3,(H,15,16,17,18);/q-1;. The minimum Gasteiger partial charge on any atom is -0.347 e. The molecule has 0 aliphatic carbocycles. The molecular weight excluding hydrogens is 413 g/mol. The van der Waals surface area contributed by atoms with Crippen LogP contribution in [0.2, 0.25) is 0 Å². The SMILES string of the molecule is Cc1nc(NC(C)c2ccc(Br)s2)nc([C-](C)C)n1.[Y]. The van der Waals surface area contributed by atoms with E-state index >= 15 is 0 Å². The predicted octanol–water partition coefficient (Wildman–Crippen LogP) is 4.14. The zero-order valence-electron chi connectivity index (χ0n) is 11.9. The Hall–Kier alpha value is -0.0361. The Morgan fingerprint density at radius 1 is 1.25 bits per heavy atom. The molecular formula is C13H16BrN4SY-. The molecule has 0 bridgehead atoms. The summed E-state index contributed by atoms with van der Waals surface area (Å²) in [6.45, 7) is 7.97. The molecule has 0 saturated carbocycles. The molecule has 105 valence electrons. The fourth-order valence-corrected chi connectivity index (χ4v) is 3.02. The third kappa shape index (κ3) is 4.76. The number of nitrogens with one attached hydrogen (secondary N) is 1. The second-order valence-corrected chi connectivity index (χ2v) is 7.03. The van der Waals surface area contributed by atoms with Crippen molar-refractivity contribution in [2.24, 2.45) is 0 Å². The normalized spacial score (nSPS) is 11.7. The molecule has 0 aromatic carbocycles. The van der Waals surface area contributed by atoms with Gasteiger partial charge in [-0.3, -0.25) is 4.98 Å². The Bertz CT molecular complexity index is 573. The minimum atomic E-state index is 0. The number of aryl methyl sites for hydroxylation is 1. The second-order valence-electron chi connectivity index (χ2n) is 4.54. The van der Waals surface area contributed by atoms with Gasteiger partial charge in [0.2, 0.25) is 5.95 Å². The van der Waals surface area contributed by atoms with Crippen molar-refractivity contribution < 1.29 is 32.7 Å². The third-order valence-electron chi connectivity index (χ3n) is 2.56. The van der Waals surface area contributed by atoms with Crippen LogP contribution in [-0.2, 0) is 32.7 Å². The van der Waals surface area contributed by atoms with E-state index in [0.717, 1.165) is 21.4 Å². The van der Waals surface area contributed by atoms with Crippen molar-refractivity contribution in [1.29, 1.82) is 0 Å². The van der Waals surface area contributed by atoms with Gasteiger partial charge in [-0.2, -0.15) is 18.8 Å². The molecule has 0 spiro atoms. The van der Waals surface area contributed by atoms with Crippen molar-refractivity contribution in [1.82, 2.24) is 15.0 Å². The van der Waals surface area contributed by atoms with Crippen molar-refractivity contribution in [2.75, 3.05) is 5.32 Å². The van der Waals surface area contributed by atoms with E-state index in [4.69, 9.17) is 0 Å². The van der Waals surface area contributed by atoms with E-state index in [1.165, 1.54) is 4.88 Å². The Labute approximate surface area is 157 Å². The van der Waals surface area contributed by atoms with E-state index < -0.39 is 0 Å². The van der Waals surface area contributed by atoms with Crippen molar-refractivity contribution >= 4 is 33.2 Å². The summed E-state index contributed by atoms with van der Waals surface area (Å²) in [5, 5.41) is 3.32. The van der Waals surface area contributed by atoms with Gasteiger partial charge in [0, 0.05) is 43.4 Å². The number of aromatic nitrogens is 3. The molecule has 1 N–H and O–H groups in total. The van der Waals surface area contributed by atoms with E-state index in [1.807, 2.05) is 26.8 Å². The number of hydrogen-bond acceptors (Lipinski definition) is 5. The molecule has 2 aromatic rings. The van der Waals surface area contributed by atoms with Crippen LogP contribution in [0.3, 0.4) is 0 Å². The van der Waals surface area contributed by atoms with Crippen LogP contribution in [0.5, 0.6) is 0 Å². The Balaban J connectivity index is 0.00000200. The second kappa shape index (κ2) is 7.83. The van der Waals surface area contributed by atoms with Crippen molar-refractivity contribution in [3.63, 3.8) is 0 Å². The molecule has 7 heteroatoms. The smallest absolute Gasteiger partial charge is 0.224 e. The van der Waals surface area contributed by atoms with Crippen molar-refractivity contribution in [2.45, 2.75) is 33.7 Å². The number of rotatable bonds is 4. The Kier molecular flexibility index (Phi) is 7.05. The van der Waals surface area contributed by atoms with Gasteiger partial charge < -0.3 is 11.2 Å². The van der Waals surface area contributed by atoms with E-state index in [2.05, 4.69) is 49.2 Å². The molecule has 20 heavy (non-hydrogen) atoms. The van der Waals surface area contributed by atoms with Gasteiger partial charge in [0.25, 0.3) is 0 Å². The zero-order chi connectivity index (χ0) is 14.0. The average molecular weight is 429 g/mol. The monoisotopic (exact) mass is 428 g/mol. The predicted molar refractivity (Wildman–Crippen MR) is 82.3 cm³/mol. The maximum absolute atomic E-state index is 4.43. The maximum atomic E-state index is 4.43. The first-order valence-corrected chi connectivity index (χ1v) is 7.61. The Morgan fingerprint density at radius 3 is 2.50 bits per heavy atom. The first kappa shape index (κ1) is 18.0. The zero-order valence-corrected chi connectivity index (χ0v) is 17.2. The molecule has 2 aromatic heterocycles. The third-order valence-corrected chi connectivity index (χ3v) is 4.37. The van der Waals surface area contributed by atoms with Crippen molar-refractivity contribution in [3.05, 3.63) is 38.4 Å². The van der Waals surface area contributed by atoms with Crippen LogP contribution in [0.1, 0.15) is 43.3 Å². The molecule has 0 aliphatic heterocycles. The quantitative estimate of drug-likeness (QED) is 0.743. The molecule has 1 radical (unpaired) electrons. The Morgan fingerprint density at radius 2 is 1.95 bits per heavy atom. The van der Waals surface area contributed by atoms with E-state index in [0.29, 0.717) is 5.95 Å². The molecule has 0 saturated heterocycles. The molecule has 0 amide bonds. The number of hydrogen-bond donors (Lipinski definition) is 1. The van der Waals surface area contributed by atoms with Crippen LogP contribution < -0.4 is 5.32 Å². The molecule has 0 aliphatic rings. The van der Waals surface area contributed by atoms with Gasteiger partial charge in [-0.1, -0.05) is 0 Å². The number of nitrogens with zero attached hydrogens (tertiary/aromatic N) is 3. The van der Waals surface area contributed by atoms with Gasteiger partial charge in [-0.25, -0.2) is 4.98 Å². The number of anilines is 1. The van der Waals surface area contributed by atoms with Crippen LogP contribution in [0, 0.1) is 12.8 Å². The summed E-state index contributed by atoms with van der Waals surface area (Å²) >= 11 is 5.18. The number of thiophene rings is 1. The number of halogens is 1. The first-order valence-electron chi connectivity index (χ1n) is 6.00. The van der Waals surface area contributed by atoms with Crippen molar-refractivity contribution in [3.8, 4) is 0 Å². The summed E-state index contributed by atoms with van der Waals surface area (Å²) in [6.07, 6.45) is 0. The van der Waals surface area contributed by atoms with Gasteiger partial charge in [-0.05, 0) is 41.9 Å². The minimum absolute atomic E-state index is 0. The van der Waals surface area contributed by atoms with E-state index in [9.17, 15) is 0 Å². The van der Waals surface area contributed by atoms with Gasteiger partial charge in [-0.15, -0.1) is 11.3 Å². The maximum Gasteiger partial charge on any atom is 0.224 e. The van der Waals surface area contributed by atoms with Gasteiger partial charge >= 0.3 is 0 Å². The summed E-state index contributed by atoms with van der Waals surface area (Å²) in [7, 11) is 0. The first-order chi connectivity index (χ1) is 8.95. The fraction of sp³-hybridized carbons (Fsp3) is 0.385. The largest absolute Gasteiger partial charge is 0.347 e. The van der Waals surface area contributed by atoms with Gasteiger partial charge in [0.15, 0.2) is 0 Å². The topological polar surface area (TPSA) is 50.7 Å². The molecule has 0 fully saturated rings. The average Bonchev–Trinajstić information content (AvgIpc) is 2.75. The summed E-state index contributed by atoms with van der Waals surface area (Å²) in [5.74, 6) is 3.18. The van der Waals surface area contributed by atoms with E-state index in [1.54, 1.807) is 11.3 Å². The summed E-state index contributed by atoms with van der Waals surface area (Å²) < 4.78 is 1.13. The molecule has 1 unspecified atom stereocenters. The summed E-state index contributed by atoms with van der Waals surface area (Å²) in [4.78, 5) is 14.3. The van der Waals surface area contributed by atoms with Crippen LogP contribution in [0.25, 0.3) is 0 Å². The fourth-order valence-electron chi connectivity index (χ4n) is 1.60. The van der Waals surface area contributed by atoms with E-state index in [-0.39, 0.29) is 38.8 Å². The molecule has 1 atom stereocenters. The molecule has 2 heterocycles. The molecule has 4 nitrogen and oxygen atoms in total. The van der Waals surface area contributed by atoms with Crippen LogP contribution in [0.15, 0.2) is 15.9 Å². The van der Waals surface area contributed by atoms with Crippen LogP contribution in [-0.4, -0.2) is 15.0 Å². The van der Waals surface area contributed by atoms with Crippen LogP contribution in [0.4, 0.5) is 5.95 Å². The van der Waals surface area contributed by atoms with Gasteiger partial charge in [0.1, 0.15) is 5.82 Å². The summed E-state index contributed by atoms with van der Waals surface area (Å²) in [6, 6.07) is 4.31. The molecule has 2 rings (SSSR count). The van der Waals surface area contributed by atoms with Gasteiger partial charge in [0.05, 0.1) is 9.83 Å². The van der Waals surface area contributed by atoms with Crippen LogP contribution >= 0.6 is 27.3 Å².